The van der Waals surface area contributed by atoms with Crippen LogP contribution in [0.4, 0.5) is 13.2 Å². The van der Waals surface area contributed by atoms with E-state index >= 15 is 0 Å². The van der Waals surface area contributed by atoms with Gasteiger partial charge in [-0.2, -0.15) is 18.3 Å². The Balaban J connectivity index is 3.13. The van der Waals surface area contributed by atoms with E-state index in [2.05, 4.69) is 21.0 Å². The Hall–Kier alpha value is -0.520. The minimum Gasteiger partial charge on any atom is -0.274 e. The average Bonchev–Trinajstić information content (AvgIpc) is 2.08. The van der Waals surface area contributed by atoms with Crippen LogP contribution < -0.4 is 0 Å². The molecule has 0 saturated carbocycles. The lowest BCUT2D eigenvalue weighted by atomic mass is 10.4. The zero-order valence-electron chi connectivity index (χ0n) is 5.48. The van der Waals surface area contributed by atoms with E-state index < -0.39 is 11.7 Å². The van der Waals surface area contributed by atoms with Crippen LogP contribution in [-0.4, -0.2) is 9.78 Å². The SMILES string of the molecule is Cn1cc(C(F)(F)F)c(Br)n1. The smallest absolute Gasteiger partial charge is 0.274 e. The Bertz CT molecular complexity index is 265. The molecule has 1 aromatic rings. The van der Waals surface area contributed by atoms with Gasteiger partial charge in [-0.1, -0.05) is 0 Å². The topological polar surface area (TPSA) is 17.8 Å². The second-order valence-corrected chi connectivity index (χ2v) is 2.76. The van der Waals surface area contributed by atoms with Gasteiger partial charge in [0.05, 0.1) is 0 Å². The molecule has 0 N–H and O–H groups in total. The van der Waals surface area contributed by atoms with Crippen LogP contribution in [-0.2, 0) is 13.2 Å². The van der Waals surface area contributed by atoms with Gasteiger partial charge in [-0.05, 0) is 15.9 Å². The number of rotatable bonds is 0. The van der Waals surface area contributed by atoms with Crippen LogP contribution in [0.1, 0.15) is 5.56 Å². The van der Waals surface area contributed by atoms with Gasteiger partial charge in [0.2, 0.25) is 0 Å². The van der Waals surface area contributed by atoms with Gasteiger partial charge in [0.1, 0.15) is 10.2 Å². The van der Waals surface area contributed by atoms with Crippen LogP contribution in [0.2, 0.25) is 0 Å². The first-order valence-electron chi connectivity index (χ1n) is 2.67. The van der Waals surface area contributed by atoms with Gasteiger partial charge in [0.25, 0.3) is 0 Å². The Kier molecular flexibility index (Phi) is 1.96. The number of hydrogen-bond acceptors (Lipinski definition) is 1. The highest BCUT2D eigenvalue weighted by atomic mass is 79.9. The zero-order chi connectivity index (χ0) is 8.65. The van der Waals surface area contributed by atoms with Crippen molar-refractivity contribution in [3.05, 3.63) is 16.4 Å². The molecule has 0 aromatic carbocycles. The molecule has 1 heterocycles. The normalized spacial score (nSPS) is 12.1. The van der Waals surface area contributed by atoms with Crippen molar-refractivity contribution < 1.29 is 13.2 Å². The zero-order valence-corrected chi connectivity index (χ0v) is 7.07. The Morgan fingerprint density at radius 2 is 2.09 bits per heavy atom. The third-order valence-electron chi connectivity index (χ3n) is 1.09. The Labute approximate surface area is 69.1 Å². The number of hydrogen-bond donors (Lipinski definition) is 0. The van der Waals surface area contributed by atoms with Gasteiger partial charge >= 0.3 is 6.18 Å². The number of nitrogens with zero attached hydrogens (tertiary/aromatic N) is 2. The van der Waals surface area contributed by atoms with Gasteiger partial charge in [-0.15, -0.1) is 0 Å². The maximum atomic E-state index is 12.0. The molecule has 0 aliphatic rings. The number of halogens is 4. The van der Waals surface area contributed by atoms with Crippen molar-refractivity contribution >= 4 is 15.9 Å². The monoisotopic (exact) mass is 228 g/mol. The van der Waals surface area contributed by atoms with E-state index in [0.29, 0.717) is 0 Å². The molecular weight excluding hydrogens is 225 g/mol. The number of aromatic nitrogens is 2. The van der Waals surface area contributed by atoms with Gasteiger partial charge in [-0.25, -0.2) is 0 Å². The molecule has 62 valence electrons. The van der Waals surface area contributed by atoms with Crippen LogP contribution >= 0.6 is 15.9 Å². The van der Waals surface area contributed by atoms with Crippen LogP contribution in [0.15, 0.2) is 10.8 Å². The van der Waals surface area contributed by atoms with E-state index in [0.717, 1.165) is 10.9 Å². The molecule has 1 rings (SSSR count). The number of alkyl halides is 3. The molecule has 0 aliphatic carbocycles. The quantitative estimate of drug-likeness (QED) is 0.666. The van der Waals surface area contributed by atoms with E-state index in [-0.39, 0.29) is 4.60 Å². The summed E-state index contributed by atoms with van der Waals surface area (Å²) in [4.78, 5) is 0. The fourth-order valence-corrected chi connectivity index (χ4v) is 1.23. The molecule has 0 fully saturated rings. The molecular formula is C5H4BrF3N2. The minimum atomic E-state index is -4.33. The van der Waals surface area contributed by atoms with E-state index in [1.54, 1.807) is 0 Å². The summed E-state index contributed by atoms with van der Waals surface area (Å²) in [5.41, 5.74) is -0.750. The molecule has 0 bridgehead atoms. The molecule has 2 nitrogen and oxygen atoms in total. The summed E-state index contributed by atoms with van der Waals surface area (Å²) in [5.74, 6) is 0. The minimum absolute atomic E-state index is 0.174. The van der Waals surface area contributed by atoms with E-state index in [9.17, 15) is 13.2 Å². The summed E-state index contributed by atoms with van der Waals surface area (Å²) in [5, 5.41) is 3.49. The van der Waals surface area contributed by atoms with Crippen molar-refractivity contribution in [1.29, 1.82) is 0 Å². The first kappa shape index (κ1) is 8.58. The third kappa shape index (κ3) is 1.74. The molecule has 11 heavy (non-hydrogen) atoms. The highest BCUT2D eigenvalue weighted by Crippen LogP contribution is 2.33. The van der Waals surface area contributed by atoms with Gasteiger partial charge < -0.3 is 0 Å². The third-order valence-corrected chi connectivity index (χ3v) is 1.67. The van der Waals surface area contributed by atoms with Crippen molar-refractivity contribution in [2.24, 2.45) is 7.05 Å². The fraction of sp³-hybridized carbons (Fsp3) is 0.400. The van der Waals surface area contributed by atoms with Crippen molar-refractivity contribution in [3.63, 3.8) is 0 Å². The van der Waals surface area contributed by atoms with Crippen molar-refractivity contribution in [3.8, 4) is 0 Å². The summed E-state index contributed by atoms with van der Waals surface area (Å²) in [7, 11) is 1.43. The molecule has 0 saturated heterocycles. The molecule has 0 radical (unpaired) electrons. The van der Waals surface area contributed by atoms with E-state index in [4.69, 9.17) is 0 Å². The van der Waals surface area contributed by atoms with Gasteiger partial charge in [0.15, 0.2) is 0 Å². The van der Waals surface area contributed by atoms with Crippen LogP contribution in [0.5, 0.6) is 0 Å². The maximum absolute atomic E-state index is 12.0. The lowest BCUT2D eigenvalue weighted by Gasteiger charge is -2.01. The fourth-order valence-electron chi connectivity index (χ4n) is 0.651. The summed E-state index contributed by atoms with van der Waals surface area (Å²) in [6, 6.07) is 0. The standard InChI is InChI=1S/C5H4BrF3N2/c1-11-2-3(4(6)10-11)5(7,8)9/h2H,1H3. The first-order valence-corrected chi connectivity index (χ1v) is 3.47. The lowest BCUT2D eigenvalue weighted by molar-refractivity contribution is -0.138. The van der Waals surface area contributed by atoms with Crippen LogP contribution in [0.25, 0.3) is 0 Å². The summed E-state index contributed by atoms with van der Waals surface area (Å²) in [6.07, 6.45) is -3.41. The molecule has 0 unspecified atom stereocenters. The van der Waals surface area contributed by atoms with Crippen molar-refractivity contribution in [1.82, 2.24) is 9.78 Å². The molecule has 0 atom stereocenters. The summed E-state index contributed by atoms with van der Waals surface area (Å²) >= 11 is 2.70. The van der Waals surface area contributed by atoms with E-state index in [1.165, 1.54) is 7.05 Å². The predicted molar refractivity (Wildman–Crippen MR) is 35.9 cm³/mol. The summed E-state index contributed by atoms with van der Waals surface area (Å²) in [6.45, 7) is 0. The molecule has 1 aromatic heterocycles. The Morgan fingerprint density at radius 1 is 1.55 bits per heavy atom. The van der Waals surface area contributed by atoms with Crippen molar-refractivity contribution in [2.75, 3.05) is 0 Å². The largest absolute Gasteiger partial charge is 0.420 e. The average molecular weight is 229 g/mol. The molecule has 0 spiro atoms. The van der Waals surface area contributed by atoms with E-state index in [1.807, 2.05) is 0 Å². The molecule has 6 heteroatoms. The second-order valence-electron chi connectivity index (χ2n) is 2.01. The van der Waals surface area contributed by atoms with Crippen molar-refractivity contribution in [2.45, 2.75) is 6.18 Å². The summed E-state index contributed by atoms with van der Waals surface area (Å²) < 4.78 is 36.9. The first-order chi connectivity index (χ1) is 4.91. The molecule has 0 amide bonds. The second kappa shape index (κ2) is 2.51. The molecule has 0 aliphatic heterocycles. The van der Waals surface area contributed by atoms with Crippen LogP contribution in [0, 0.1) is 0 Å². The number of aryl methyl sites for hydroxylation is 1. The predicted octanol–water partition coefficient (Wildman–Crippen LogP) is 2.20. The highest BCUT2D eigenvalue weighted by molar-refractivity contribution is 9.10. The Morgan fingerprint density at radius 3 is 2.27 bits per heavy atom. The lowest BCUT2D eigenvalue weighted by Crippen LogP contribution is -2.03. The maximum Gasteiger partial charge on any atom is 0.420 e. The van der Waals surface area contributed by atoms with Gasteiger partial charge in [0, 0.05) is 13.2 Å². The van der Waals surface area contributed by atoms with Crippen LogP contribution in [0.3, 0.4) is 0 Å². The van der Waals surface area contributed by atoms with Gasteiger partial charge in [-0.3, -0.25) is 4.68 Å². The highest BCUT2D eigenvalue weighted by Gasteiger charge is 2.34.